The van der Waals surface area contributed by atoms with Gasteiger partial charge in [0.2, 0.25) is 5.91 Å². The second-order valence-corrected chi connectivity index (χ2v) is 7.82. The van der Waals surface area contributed by atoms with Crippen molar-refractivity contribution in [2.75, 3.05) is 25.9 Å². The fourth-order valence-corrected chi connectivity index (χ4v) is 4.83. The van der Waals surface area contributed by atoms with E-state index < -0.39 is 0 Å². The van der Waals surface area contributed by atoms with E-state index in [4.69, 9.17) is 0 Å². The molecule has 2 atom stereocenters. The zero-order chi connectivity index (χ0) is 16.1. The second-order valence-electron chi connectivity index (χ2n) is 6.77. The molecule has 1 amide bonds. The van der Waals surface area contributed by atoms with E-state index in [0.29, 0.717) is 17.8 Å². The maximum atomic E-state index is 12.7. The van der Waals surface area contributed by atoms with Crippen LogP contribution in [0.4, 0.5) is 0 Å². The molecule has 3 rings (SSSR count). The summed E-state index contributed by atoms with van der Waals surface area (Å²) >= 11 is 1.65. The van der Waals surface area contributed by atoms with Crippen LogP contribution in [0.5, 0.6) is 0 Å². The maximum absolute atomic E-state index is 12.7. The summed E-state index contributed by atoms with van der Waals surface area (Å²) in [7, 11) is 2.02. The van der Waals surface area contributed by atoms with E-state index in [1.807, 2.05) is 25.2 Å². The number of benzene rings is 1. The summed E-state index contributed by atoms with van der Waals surface area (Å²) in [5.41, 5.74) is 0. The molecule has 1 heterocycles. The number of hydrogen-bond donors (Lipinski definition) is 0. The zero-order valence-corrected chi connectivity index (χ0v) is 16.2. The number of halogens is 1. The van der Waals surface area contributed by atoms with Crippen LogP contribution >= 0.6 is 24.2 Å². The highest BCUT2D eigenvalue weighted by Crippen LogP contribution is 2.29. The van der Waals surface area contributed by atoms with Crippen molar-refractivity contribution in [2.24, 2.45) is 0 Å². The van der Waals surface area contributed by atoms with Crippen LogP contribution in [0.2, 0.25) is 0 Å². The van der Waals surface area contributed by atoms with E-state index in [1.165, 1.54) is 56.5 Å². The highest BCUT2D eigenvalue weighted by Gasteiger charge is 2.35. The van der Waals surface area contributed by atoms with E-state index in [1.54, 1.807) is 11.8 Å². The molecular weight excluding hydrogens is 340 g/mol. The van der Waals surface area contributed by atoms with Gasteiger partial charge in [0, 0.05) is 24.0 Å². The summed E-state index contributed by atoms with van der Waals surface area (Å²) in [5.74, 6) is 0.818. The largest absolute Gasteiger partial charge is 0.340 e. The molecule has 0 bridgehead atoms. The summed E-state index contributed by atoms with van der Waals surface area (Å²) in [4.78, 5) is 18.5. The SMILES string of the molecule is CN(C(=O)CSc1ccccc1)[C@@H]1CCCC[C@H]1N1CCCC1.Cl. The topological polar surface area (TPSA) is 23.6 Å². The van der Waals surface area contributed by atoms with Crippen molar-refractivity contribution in [3.63, 3.8) is 0 Å². The number of hydrogen-bond acceptors (Lipinski definition) is 3. The van der Waals surface area contributed by atoms with E-state index in [-0.39, 0.29) is 18.3 Å². The minimum atomic E-state index is 0. The molecule has 1 aliphatic heterocycles. The zero-order valence-electron chi connectivity index (χ0n) is 14.5. The van der Waals surface area contributed by atoms with Gasteiger partial charge in [-0.3, -0.25) is 9.69 Å². The second kappa shape index (κ2) is 9.69. The minimum absolute atomic E-state index is 0. The smallest absolute Gasteiger partial charge is 0.232 e. The lowest BCUT2D eigenvalue weighted by atomic mass is 9.88. The molecule has 2 aliphatic rings. The first-order chi connectivity index (χ1) is 11.3. The predicted octanol–water partition coefficient (Wildman–Crippen LogP) is 4.07. The normalized spacial score (nSPS) is 24.4. The number of likely N-dealkylation sites (tertiary alicyclic amines) is 1. The van der Waals surface area contributed by atoms with Gasteiger partial charge in [0.1, 0.15) is 0 Å². The molecule has 134 valence electrons. The summed E-state index contributed by atoms with van der Waals surface area (Å²) in [6, 6.07) is 11.2. The van der Waals surface area contributed by atoms with Gasteiger partial charge in [0.25, 0.3) is 0 Å². The molecule has 0 aromatic heterocycles. The number of likely N-dealkylation sites (N-methyl/N-ethyl adjacent to an activating group) is 1. The van der Waals surface area contributed by atoms with Crippen molar-refractivity contribution in [3.05, 3.63) is 30.3 Å². The predicted molar refractivity (Wildman–Crippen MR) is 104 cm³/mol. The lowest BCUT2D eigenvalue weighted by Crippen LogP contribution is -2.53. The highest BCUT2D eigenvalue weighted by molar-refractivity contribution is 8.00. The van der Waals surface area contributed by atoms with Crippen molar-refractivity contribution < 1.29 is 4.79 Å². The van der Waals surface area contributed by atoms with Gasteiger partial charge in [0.15, 0.2) is 0 Å². The van der Waals surface area contributed by atoms with Gasteiger partial charge in [-0.2, -0.15) is 0 Å². The third-order valence-electron chi connectivity index (χ3n) is 5.30. The quantitative estimate of drug-likeness (QED) is 0.732. The van der Waals surface area contributed by atoms with Gasteiger partial charge >= 0.3 is 0 Å². The van der Waals surface area contributed by atoms with Crippen molar-refractivity contribution in [1.82, 2.24) is 9.80 Å². The van der Waals surface area contributed by atoms with Crippen molar-refractivity contribution in [1.29, 1.82) is 0 Å². The highest BCUT2D eigenvalue weighted by atomic mass is 35.5. The molecule has 0 spiro atoms. The Kier molecular flexibility index (Phi) is 7.92. The first kappa shape index (κ1) is 19.6. The van der Waals surface area contributed by atoms with Crippen LogP contribution in [0.3, 0.4) is 0 Å². The van der Waals surface area contributed by atoms with Gasteiger partial charge in [-0.15, -0.1) is 24.2 Å². The Bertz CT molecular complexity index is 507. The van der Waals surface area contributed by atoms with Crippen LogP contribution < -0.4 is 0 Å². The fourth-order valence-electron chi connectivity index (χ4n) is 3.99. The Hall–Kier alpha value is -0.710. The number of amides is 1. The van der Waals surface area contributed by atoms with Gasteiger partial charge in [-0.05, 0) is 50.9 Å². The molecule has 0 unspecified atom stereocenters. The minimum Gasteiger partial charge on any atom is -0.340 e. The van der Waals surface area contributed by atoms with Gasteiger partial charge in [-0.1, -0.05) is 31.0 Å². The summed E-state index contributed by atoms with van der Waals surface area (Å²) in [5, 5.41) is 0. The number of carbonyl (C=O) groups is 1. The average molecular weight is 369 g/mol. The fraction of sp³-hybridized carbons (Fsp3) is 0.632. The van der Waals surface area contributed by atoms with Crippen molar-refractivity contribution >= 4 is 30.1 Å². The van der Waals surface area contributed by atoms with Gasteiger partial charge < -0.3 is 4.90 Å². The van der Waals surface area contributed by atoms with E-state index in [9.17, 15) is 4.79 Å². The van der Waals surface area contributed by atoms with Crippen molar-refractivity contribution in [3.8, 4) is 0 Å². The molecule has 1 saturated heterocycles. The molecular formula is C19H29ClN2OS. The Morgan fingerprint density at radius 3 is 2.50 bits per heavy atom. The molecule has 1 aliphatic carbocycles. The van der Waals surface area contributed by atoms with Crippen LogP contribution in [0, 0.1) is 0 Å². The standard InChI is InChI=1S/C19H28N2OS.ClH/c1-20(19(22)15-23-16-9-3-2-4-10-16)17-11-5-6-12-18(17)21-13-7-8-14-21;/h2-4,9-10,17-18H,5-8,11-15H2,1H3;1H/t17-,18-;/m1./s1. The molecule has 5 heteroatoms. The molecule has 0 radical (unpaired) electrons. The van der Waals surface area contributed by atoms with E-state index >= 15 is 0 Å². The molecule has 1 aromatic rings. The molecule has 2 fully saturated rings. The summed E-state index contributed by atoms with van der Waals surface area (Å²) in [6.07, 6.45) is 7.65. The Labute approximate surface area is 156 Å². The number of rotatable bonds is 5. The Morgan fingerprint density at radius 1 is 1.12 bits per heavy atom. The van der Waals surface area contributed by atoms with Gasteiger partial charge in [0.05, 0.1) is 5.75 Å². The van der Waals surface area contributed by atoms with E-state index in [2.05, 4.69) is 21.9 Å². The third-order valence-corrected chi connectivity index (χ3v) is 6.30. The molecule has 24 heavy (non-hydrogen) atoms. The average Bonchev–Trinajstić information content (AvgIpc) is 3.14. The Balaban J connectivity index is 0.00000208. The van der Waals surface area contributed by atoms with Crippen LogP contribution in [0.1, 0.15) is 38.5 Å². The van der Waals surface area contributed by atoms with Crippen LogP contribution in [-0.2, 0) is 4.79 Å². The molecule has 1 saturated carbocycles. The number of thioether (sulfide) groups is 1. The summed E-state index contributed by atoms with van der Waals surface area (Å²) in [6.45, 7) is 2.45. The van der Waals surface area contributed by atoms with E-state index in [0.717, 1.165) is 0 Å². The Morgan fingerprint density at radius 2 is 1.79 bits per heavy atom. The number of nitrogens with zero attached hydrogens (tertiary/aromatic N) is 2. The van der Waals surface area contributed by atoms with Crippen molar-refractivity contribution in [2.45, 2.75) is 55.5 Å². The van der Waals surface area contributed by atoms with Gasteiger partial charge in [-0.25, -0.2) is 0 Å². The van der Waals surface area contributed by atoms with Crippen LogP contribution in [0.15, 0.2) is 35.2 Å². The molecule has 0 N–H and O–H groups in total. The molecule has 3 nitrogen and oxygen atoms in total. The summed E-state index contributed by atoms with van der Waals surface area (Å²) < 4.78 is 0. The lowest BCUT2D eigenvalue weighted by molar-refractivity contribution is -0.131. The van der Waals surface area contributed by atoms with Crippen LogP contribution in [0.25, 0.3) is 0 Å². The lowest BCUT2D eigenvalue weighted by Gasteiger charge is -2.42. The molecule has 1 aromatic carbocycles. The monoisotopic (exact) mass is 368 g/mol. The van der Waals surface area contributed by atoms with Crippen LogP contribution in [-0.4, -0.2) is 53.7 Å². The number of carbonyl (C=O) groups excluding carboxylic acids is 1. The maximum Gasteiger partial charge on any atom is 0.232 e. The third kappa shape index (κ3) is 4.90. The first-order valence-electron chi connectivity index (χ1n) is 8.93. The first-order valence-corrected chi connectivity index (χ1v) is 9.92.